The molecule has 0 bridgehead atoms. The molecule has 0 aliphatic carbocycles. The molecular formula is C13H26IN5O. The van der Waals surface area contributed by atoms with Crippen molar-refractivity contribution in [3.8, 4) is 0 Å². The van der Waals surface area contributed by atoms with E-state index in [0.29, 0.717) is 12.5 Å². The van der Waals surface area contributed by atoms with Crippen LogP contribution >= 0.6 is 24.0 Å². The summed E-state index contributed by atoms with van der Waals surface area (Å²) in [6.45, 7) is 8.13. The summed E-state index contributed by atoms with van der Waals surface area (Å²) in [5, 5.41) is 10.7. The smallest absolute Gasteiger partial charge is 0.191 e. The molecule has 20 heavy (non-hydrogen) atoms. The Morgan fingerprint density at radius 2 is 2.25 bits per heavy atom. The summed E-state index contributed by atoms with van der Waals surface area (Å²) in [6.07, 6.45) is 3.78. The van der Waals surface area contributed by atoms with Gasteiger partial charge in [0.2, 0.25) is 0 Å². The molecule has 1 unspecified atom stereocenters. The first-order chi connectivity index (χ1) is 9.26. The molecule has 1 atom stereocenters. The zero-order valence-electron chi connectivity index (χ0n) is 12.5. The van der Waals surface area contributed by atoms with Gasteiger partial charge in [-0.05, 0) is 18.9 Å². The zero-order chi connectivity index (χ0) is 13.9. The number of aliphatic imine (C=N–C) groups is 1. The van der Waals surface area contributed by atoms with Gasteiger partial charge in [0.15, 0.2) is 5.96 Å². The van der Waals surface area contributed by atoms with Gasteiger partial charge in [0, 0.05) is 45.7 Å². The normalized spacial score (nSPS) is 12.7. The monoisotopic (exact) mass is 395 g/mol. The summed E-state index contributed by atoms with van der Waals surface area (Å²) in [5.74, 6) is 1.29. The van der Waals surface area contributed by atoms with E-state index in [0.717, 1.165) is 32.2 Å². The summed E-state index contributed by atoms with van der Waals surface area (Å²) in [6, 6.07) is 1.94. The van der Waals surface area contributed by atoms with Crippen LogP contribution in [0.2, 0.25) is 0 Å². The molecule has 1 heterocycles. The van der Waals surface area contributed by atoms with Crippen LogP contribution in [0, 0.1) is 5.92 Å². The van der Waals surface area contributed by atoms with Crippen LogP contribution in [-0.2, 0) is 11.3 Å². The van der Waals surface area contributed by atoms with Crippen molar-refractivity contribution in [2.75, 3.05) is 33.4 Å². The summed E-state index contributed by atoms with van der Waals surface area (Å²) in [5.41, 5.74) is 0. The van der Waals surface area contributed by atoms with Gasteiger partial charge in [0.05, 0.1) is 6.61 Å². The molecule has 0 spiro atoms. The Labute approximate surface area is 138 Å². The Kier molecular flexibility index (Phi) is 11.5. The number of halogens is 1. The van der Waals surface area contributed by atoms with E-state index in [2.05, 4.69) is 27.6 Å². The number of guanidine groups is 1. The van der Waals surface area contributed by atoms with Crippen LogP contribution in [0.25, 0.3) is 0 Å². The van der Waals surface area contributed by atoms with E-state index in [9.17, 15) is 0 Å². The largest absolute Gasteiger partial charge is 0.380 e. The Hall–Kier alpha value is -0.830. The molecule has 116 valence electrons. The van der Waals surface area contributed by atoms with Crippen molar-refractivity contribution in [3.63, 3.8) is 0 Å². The standard InChI is InChI=1S/C13H25N5O.HI/c1-4-19-9-7-15-13(14-3)16-10-12(2)11-18-8-5-6-17-18;/h5-6,8,12H,4,7,9-11H2,1-3H3,(H2,14,15,16);1H. The Morgan fingerprint density at radius 1 is 1.45 bits per heavy atom. The van der Waals surface area contributed by atoms with Gasteiger partial charge in [-0.15, -0.1) is 24.0 Å². The van der Waals surface area contributed by atoms with Crippen molar-refractivity contribution >= 4 is 29.9 Å². The molecule has 0 aliphatic rings. The first-order valence-corrected chi connectivity index (χ1v) is 6.76. The minimum absolute atomic E-state index is 0. The van der Waals surface area contributed by atoms with Crippen molar-refractivity contribution in [2.24, 2.45) is 10.9 Å². The molecule has 0 fully saturated rings. The van der Waals surface area contributed by atoms with Gasteiger partial charge < -0.3 is 15.4 Å². The van der Waals surface area contributed by atoms with E-state index in [1.807, 2.05) is 23.9 Å². The molecule has 2 N–H and O–H groups in total. The lowest BCUT2D eigenvalue weighted by atomic mass is 10.2. The quantitative estimate of drug-likeness (QED) is 0.302. The predicted octanol–water partition coefficient (Wildman–Crippen LogP) is 1.34. The fraction of sp³-hybridized carbons (Fsp3) is 0.692. The average molecular weight is 395 g/mol. The number of aromatic nitrogens is 2. The fourth-order valence-electron chi connectivity index (χ4n) is 1.67. The summed E-state index contributed by atoms with van der Waals surface area (Å²) in [7, 11) is 1.77. The number of ether oxygens (including phenoxy) is 1. The van der Waals surface area contributed by atoms with Crippen molar-refractivity contribution in [3.05, 3.63) is 18.5 Å². The van der Waals surface area contributed by atoms with Crippen LogP contribution in [-0.4, -0.2) is 49.1 Å². The van der Waals surface area contributed by atoms with E-state index in [4.69, 9.17) is 4.74 Å². The Balaban J connectivity index is 0.00000361. The highest BCUT2D eigenvalue weighted by molar-refractivity contribution is 14.0. The summed E-state index contributed by atoms with van der Waals surface area (Å²) in [4.78, 5) is 4.17. The van der Waals surface area contributed by atoms with E-state index in [1.165, 1.54) is 0 Å². The number of hydrogen-bond acceptors (Lipinski definition) is 3. The van der Waals surface area contributed by atoms with E-state index >= 15 is 0 Å². The third-order valence-electron chi connectivity index (χ3n) is 2.64. The SMILES string of the molecule is CCOCCNC(=NC)NCC(C)Cn1cccn1.I. The van der Waals surface area contributed by atoms with Gasteiger partial charge >= 0.3 is 0 Å². The third kappa shape index (κ3) is 8.36. The molecule has 1 rings (SSSR count). The van der Waals surface area contributed by atoms with Crippen LogP contribution in [0.5, 0.6) is 0 Å². The molecule has 1 aromatic heterocycles. The molecule has 0 saturated heterocycles. The minimum Gasteiger partial charge on any atom is -0.380 e. The highest BCUT2D eigenvalue weighted by atomic mass is 127. The molecule has 6 nitrogen and oxygen atoms in total. The van der Waals surface area contributed by atoms with E-state index in [-0.39, 0.29) is 24.0 Å². The van der Waals surface area contributed by atoms with Gasteiger partial charge in [-0.2, -0.15) is 5.10 Å². The maximum atomic E-state index is 5.27. The minimum atomic E-state index is 0. The van der Waals surface area contributed by atoms with Gasteiger partial charge in [0.1, 0.15) is 0 Å². The van der Waals surface area contributed by atoms with E-state index in [1.54, 1.807) is 13.2 Å². The maximum Gasteiger partial charge on any atom is 0.191 e. The lowest BCUT2D eigenvalue weighted by Crippen LogP contribution is -2.41. The highest BCUT2D eigenvalue weighted by Gasteiger charge is 2.04. The summed E-state index contributed by atoms with van der Waals surface area (Å²) >= 11 is 0. The summed E-state index contributed by atoms with van der Waals surface area (Å²) < 4.78 is 7.21. The highest BCUT2D eigenvalue weighted by Crippen LogP contribution is 1.97. The van der Waals surface area contributed by atoms with Crippen molar-refractivity contribution in [1.29, 1.82) is 0 Å². The van der Waals surface area contributed by atoms with Crippen molar-refractivity contribution < 1.29 is 4.74 Å². The predicted molar refractivity (Wildman–Crippen MR) is 92.7 cm³/mol. The van der Waals surface area contributed by atoms with Crippen LogP contribution in [0.15, 0.2) is 23.5 Å². The van der Waals surface area contributed by atoms with Gasteiger partial charge in [-0.3, -0.25) is 9.67 Å². The van der Waals surface area contributed by atoms with Crippen LogP contribution < -0.4 is 10.6 Å². The molecule has 0 aliphatic heterocycles. The van der Waals surface area contributed by atoms with E-state index < -0.39 is 0 Å². The number of rotatable bonds is 8. The lowest BCUT2D eigenvalue weighted by molar-refractivity contribution is 0.152. The van der Waals surface area contributed by atoms with Crippen LogP contribution in [0.1, 0.15) is 13.8 Å². The molecule has 7 heteroatoms. The van der Waals surface area contributed by atoms with Crippen molar-refractivity contribution in [1.82, 2.24) is 20.4 Å². The first-order valence-electron chi connectivity index (χ1n) is 6.76. The topological polar surface area (TPSA) is 63.5 Å². The molecule has 0 radical (unpaired) electrons. The van der Waals surface area contributed by atoms with Gasteiger partial charge in [-0.25, -0.2) is 0 Å². The maximum absolute atomic E-state index is 5.27. The molecule has 1 aromatic rings. The Morgan fingerprint density at radius 3 is 2.85 bits per heavy atom. The van der Waals surface area contributed by atoms with Gasteiger partial charge in [-0.1, -0.05) is 6.92 Å². The number of nitrogens with zero attached hydrogens (tertiary/aromatic N) is 3. The third-order valence-corrected chi connectivity index (χ3v) is 2.64. The van der Waals surface area contributed by atoms with Crippen molar-refractivity contribution in [2.45, 2.75) is 20.4 Å². The second kappa shape index (κ2) is 12.0. The molecule has 0 aromatic carbocycles. The molecular weight excluding hydrogens is 369 g/mol. The average Bonchev–Trinajstić information content (AvgIpc) is 2.91. The van der Waals surface area contributed by atoms with Crippen LogP contribution in [0.4, 0.5) is 0 Å². The molecule has 0 amide bonds. The lowest BCUT2D eigenvalue weighted by Gasteiger charge is -2.16. The second-order valence-corrected chi connectivity index (χ2v) is 4.41. The first kappa shape index (κ1) is 19.2. The van der Waals surface area contributed by atoms with Gasteiger partial charge in [0.25, 0.3) is 0 Å². The number of hydrogen-bond donors (Lipinski definition) is 2. The number of nitrogens with one attached hydrogen (secondary N) is 2. The van der Waals surface area contributed by atoms with Crippen LogP contribution in [0.3, 0.4) is 0 Å². The Bertz CT molecular complexity index is 356. The zero-order valence-corrected chi connectivity index (χ0v) is 14.8. The fourth-order valence-corrected chi connectivity index (χ4v) is 1.67. The second-order valence-electron chi connectivity index (χ2n) is 4.41. The molecule has 0 saturated carbocycles.